The smallest absolute Gasteiger partial charge is 0.271 e. The fraction of sp³-hybridized carbons (Fsp3) is 0.0909. The Bertz CT molecular complexity index is 1110. The molecule has 0 aromatic heterocycles. The van der Waals surface area contributed by atoms with Gasteiger partial charge in [0, 0.05) is 11.8 Å². The first-order chi connectivity index (χ1) is 13.6. The Labute approximate surface area is 162 Å². The summed E-state index contributed by atoms with van der Waals surface area (Å²) in [6.07, 6.45) is 1.42. The number of benzene rings is 3. The van der Waals surface area contributed by atoms with E-state index in [1.807, 2.05) is 66.7 Å². The van der Waals surface area contributed by atoms with E-state index < -0.39 is 5.92 Å². The summed E-state index contributed by atoms with van der Waals surface area (Å²) < 4.78 is 0. The number of carbonyl (C=O) groups excluding carboxylic acids is 2. The van der Waals surface area contributed by atoms with E-state index in [1.54, 1.807) is 13.0 Å². The molecule has 138 valence electrons. The molecule has 1 heterocycles. The van der Waals surface area contributed by atoms with Crippen LogP contribution in [0.2, 0.25) is 0 Å². The van der Waals surface area contributed by atoms with E-state index in [0.717, 1.165) is 10.8 Å². The third-order valence-electron chi connectivity index (χ3n) is 4.58. The molecule has 3 aromatic rings. The van der Waals surface area contributed by atoms with Gasteiger partial charge in [-0.2, -0.15) is 15.2 Å². The number of fused-ring (bicyclic) bond motifs is 1. The van der Waals surface area contributed by atoms with Crippen LogP contribution >= 0.6 is 0 Å². The first kappa shape index (κ1) is 17.6. The molecule has 0 aliphatic carbocycles. The molecule has 0 saturated carbocycles. The molecule has 0 radical (unpaired) electrons. The highest BCUT2D eigenvalue weighted by atomic mass is 16.2. The lowest BCUT2D eigenvalue weighted by atomic mass is 10.1. The molecule has 6 heteroatoms. The number of para-hydroxylation sites is 1. The minimum absolute atomic E-state index is 0.201. The van der Waals surface area contributed by atoms with Crippen LogP contribution in [0.5, 0.6) is 0 Å². The first-order valence-corrected chi connectivity index (χ1v) is 8.90. The Morgan fingerprint density at radius 2 is 1.75 bits per heavy atom. The second-order valence-electron chi connectivity index (χ2n) is 6.49. The first-order valence-electron chi connectivity index (χ1n) is 8.90. The molecule has 6 nitrogen and oxygen atoms in total. The van der Waals surface area contributed by atoms with Gasteiger partial charge in [-0.05, 0) is 42.0 Å². The topological polar surface area (TPSA) is 74.1 Å². The Hall–Kier alpha value is -3.80. The number of hydrogen-bond acceptors (Lipinski definition) is 4. The van der Waals surface area contributed by atoms with E-state index in [-0.39, 0.29) is 11.8 Å². The zero-order valence-electron chi connectivity index (χ0n) is 15.2. The second kappa shape index (κ2) is 7.44. The van der Waals surface area contributed by atoms with Crippen molar-refractivity contribution in [3.05, 3.63) is 78.4 Å². The molecule has 1 atom stereocenters. The maximum absolute atomic E-state index is 12.6. The van der Waals surface area contributed by atoms with E-state index in [4.69, 9.17) is 0 Å². The summed E-state index contributed by atoms with van der Waals surface area (Å²) in [6.45, 7) is 1.77. The lowest BCUT2D eigenvalue weighted by Gasteiger charge is -2.12. The normalized spacial score (nSPS) is 16.6. The van der Waals surface area contributed by atoms with Crippen LogP contribution < -0.4 is 10.4 Å². The fourth-order valence-electron chi connectivity index (χ4n) is 3.07. The second-order valence-corrected chi connectivity index (χ2v) is 6.49. The molecule has 1 aliphatic rings. The van der Waals surface area contributed by atoms with Gasteiger partial charge in [0.25, 0.3) is 11.8 Å². The number of anilines is 1. The molecule has 1 N–H and O–H groups in total. The fourth-order valence-corrected chi connectivity index (χ4v) is 3.07. The number of hydrazone groups is 2. The average Bonchev–Trinajstić information content (AvgIpc) is 3.02. The van der Waals surface area contributed by atoms with Gasteiger partial charge >= 0.3 is 0 Å². The Morgan fingerprint density at radius 1 is 1.04 bits per heavy atom. The van der Waals surface area contributed by atoms with Gasteiger partial charge < -0.3 is 0 Å². The van der Waals surface area contributed by atoms with Crippen LogP contribution in [0.1, 0.15) is 17.3 Å². The van der Waals surface area contributed by atoms with Crippen molar-refractivity contribution >= 4 is 40.2 Å². The van der Waals surface area contributed by atoms with Crippen molar-refractivity contribution in [2.24, 2.45) is 16.1 Å². The van der Waals surface area contributed by atoms with Crippen LogP contribution in [0.15, 0.2) is 83.0 Å². The van der Waals surface area contributed by atoms with Gasteiger partial charge in [0.15, 0.2) is 0 Å². The highest BCUT2D eigenvalue weighted by molar-refractivity contribution is 6.23. The highest BCUT2D eigenvalue weighted by Gasteiger charge is 2.33. The van der Waals surface area contributed by atoms with Crippen molar-refractivity contribution in [2.45, 2.75) is 6.92 Å². The van der Waals surface area contributed by atoms with Gasteiger partial charge in [0.1, 0.15) is 5.92 Å². The molecular weight excluding hydrogens is 352 g/mol. The van der Waals surface area contributed by atoms with Crippen LogP contribution in [0, 0.1) is 5.92 Å². The number of nitrogens with zero attached hydrogens (tertiary/aromatic N) is 3. The van der Waals surface area contributed by atoms with Crippen molar-refractivity contribution in [3.8, 4) is 0 Å². The highest BCUT2D eigenvalue weighted by Crippen LogP contribution is 2.22. The van der Waals surface area contributed by atoms with E-state index >= 15 is 0 Å². The summed E-state index contributed by atoms with van der Waals surface area (Å²) in [5, 5.41) is 11.7. The maximum atomic E-state index is 12.6. The van der Waals surface area contributed by atoms with Gasteiger partial charge in [-0.15, -0.1) is 0 Å². The van der Waals surface area contributed by atoms with Gasteiger partial charge in [0.05, 0.1) is 11.4 Å². The van der Waals surface area contributed by atoms with Crippen LogP contribution in [-0.4, -0.2) is 23.7 Å². The number of amides is 2. The molecule has 2 amide bonds. The predicted octanol–water partition coefficient (Wildman–Crippen LogP) is 3.59. The number of carbonyl (C=O) groups is 2. The lowest BCUT2D eigenvalue weighted by Crippen LogP contribution is -2.29. The SMILES string of the molecule is CC1=NN(c2ccccc2)C(=O)[C@@H]1/C=N\NC(=O)c1ccc2ccccc2c1. The van der Waals surface area contributed by atoms with Gasteiger partial charge in [-0.3, -0.25) is 9.59 Å². The van der Waals surface area contributed by atoms with Crippen LogP contribution in [0.25, 0.3) is 10.8 Å². The number of rotatable bonds is 4. The maximum Gasteiger partial charge on any atom is 0.271 e. The summed E-state index contributed by atoms with van der Waals surface area (Å²) in [5.74, 6) is -1.13. The average molecular weight is 370 g/mol. The summed E-state index contributed by atoms with van der Waals surface area (Å²) in [4.78, 5) is 25.0. The van der Waals surface area contributed by atoms with E-state index in [1.165, 1.54) is 11.2 Å². The molecule has 3 aromatic carbocycles. The molecule has 1 aliphatic heterocycles. The molecule has 0 saturated heterocycles. The largest absolute Gasteiger partial charge is 0.271 e. The van der Waals surface area contributed by atoms with Crippen molar-refractivity contribution in [1.29, 1.82) is 0 Å². The summed E-state index contributed by atoms with van der Waals surface area (Å²) >= 11 is 0. The Kier molecular flexibility index (Phi) is 4.68. The van der Waals surface area contributed by atoms with Crippen LogP contribution in [0.4, 0.5) is 5.69 Å². The minimum Gasteiger partial charge on any atom is -0.271 e. The summed E-state index contributed by atoms with van der Waals surface area (Å²) in [7, 11) is 0. The summed E-state index contributed by atoms with van der Waals surface area (Å²) in [5.41, 5.74) is 4.32. The lowest BCUT2D eigenvalue weighted by molar-refractivity contribution is -0.118. The zero-order valence-corrected chi connectivity index (χ0v) is 15.2. The van der Waals surface area contributed by atoms with Gasteiger partial charge in [0.2, 0.25) is 0 Å². The standard InChI is InChI=1S/C22H18N4O2/c1-15-20(22(28)26(25-15)19-9-3-2-4-10-19)14-23-24-21(27)18-12-11-16-7-5-6-8-17(16)13-18/h2-14,20H,1H3,(H,24,27)/b23-14-/t20-/m1/s1. The van der Waals surface area contributed by atoms with Crippen molar-refractivity contribution in [2.75, 3.05) is 5.01 Å². The van der Waals surface area contributed by atoms with E-state index in [9.17, 15) is 9.59 Å². The quantitative estimate of drug-likeness (QED) is 0.563. The number of nitrogens with one attached hydrogen (secondary N) is 1. The third kappa shape index (κ3) is 3.40. The molecule has 4 rings (SSSR count). The monoisotopic (exact) mass is 370 g/mol. The summed E-state index contributed by atoms with van der Waals surface area (Å²) in [6, 6.07) is 22.5. The number of hydrogen-bond donors (Lipinski definition) is 1. The van der Waals surface area contributed by atoms with Crippen LogP contribution in [0.3, 0.4) is 0 Å². The van der Waals surface area contributed by atoms with Crippen molar-refractivity contribution in [1.82, 2.24) is 5.43 Å². The molecule has 28 heavy (non-hydrogen) atoms. The van der Waals surface area contributed by atoms with Gasteiger partial charge in [-0.25, -0.2) is 5.43 Å². The van der Waals surface area contributed by atoms with Crippen LogP contribution in [-0.2, 0) is 4.79 Å². The van der Waals surface area contributed by atoms with E-state index in [2.05, 4.69) is 15.6 Å². The Balaban J connectivity index is 1.45. The molecule has 0 bridgehead atoms. The third-order valence-corrected chi connectivity index (χ3v) is 4.58. The molecular formula is C22H18N4O2. The molecule has 0 fully saturated rings. The minimum atomic E-state index is -0.600. The predicted molar refractivity (Wildman–Crippen MR) is 110 cm³/mol. The van der Waals surface area contributed by atoms with Crippen molar-refractivity contribution < 1.29 is 9.59 Å². The van der Waals surface area contributed by atoms with E-state index in [0.29, 0.717) is 17.0 Å². The molecule has 0 unspecified atom stereocenters. The van der Waals surface area contributed by atoms with Gasteiger partial charge in [-0.1, -0.05) is 48.5 Å². The Morgan fingerprint density at radius 3 is 2.54 bits per heavy atom. The van der Waals surface area contributed by atoms with Crippen molar-refractivity contribution in [3.63, 3.8) is 0 Å². The molecule has 0 spiro atoms. The zero-order chi connectivity index (χ0) is 19.5.